The van der Waals surface area contributed by atoms with Gasteiger partial charge in [0.05, 0.1) is 0 Å². The van der Waals surface area contributed by atoms with Crippen LogP contribution in [0.4, 0.5) is 0 Å². The third-order valence-electron chi connectivity index (χ3n) is 2.24. The van der Waals surface area contributed by atoms with Gasteiger partial charge in [-0.05, 0) is 0 Å². The molecular formula is C14H12CoO2. The molecule has 2 rings (SSSR count). The first-order valence-corrected chi connectivity index (χ1v) is 6.85. The van der Waals surface area contributed by atoms with Crippen LogP contribution in [0.15, 0.2) is 60.7 Å². The average Bonchev–Trinajstić information content (AvgIpc) is 2.40. The second kappa shape index (κ2) is 5.66. The molecule has 2 aromatic rings. The van der Waals surface area contributed by atoms with Crippen LogP contribution in [0.1, 0.15) is 10.4 Å². The second-order valence-corrected chi connectivity index (χ2v) is 5.31. The van der Waals surface area contributed by atoms with Crippen molar-refractivity contribution in [2.45, 2.75) is 5.36 Å². The topological polar surface area (TPSA) is 34.1 Å². The van der Waals surface area contributed by atoms with Gasteiger partial charge in [-0.25, -0.2) is 0 Å². The number of hydrogen-bond donors (Lipinski definition) is 0. The van der Waals surface area contributed by atoms with E-state index in [-0.39, 0.29) is 11.1 Å². The molecule has 0 heterocycles. The Balaban J connectivity index is 2.08. The molecule has 0 saturated heterocycles. The van der Waals surface area contributed by atoms with Crippen molar-refractivity contribution < 1.29 is 22.2 Å². The molecule has 0 aliphatic rings. The van der Waals surface area contributed by atoms with Gasteiger partial charge in [0.15, 0.2) is 0 Å². The molecule has 0 atom stereocenters. The van der Waals surface area contributed by atoms with E-state index in [4.69, 9.17) is 0 Å². The minimum absolute atomic E-state index is 0.0705. The van der Waals surface area contributed by atoms with Crippen molar-refractivity contribution in [2.75, 3.05) is 0 Å². The van der Waals surface area contributed by atoms with Gasteiger partial charge in [-0.1, -0.05) is 0 Å². The van der Waals surface area contributed by atoms with E-state index in [1.807, 2.05) is 36.4 Å². The molecular weight excluding hydrogens is 259 g/mol. The van der Waals surface area contributed by atoms with Gasteiger partial charge in [0.2, 0.25) is 0 Å². The summed E-state index contributed by atoms with van der Waals surface area (Å²) in [5.41, 5.74) is 0.617. The van der Waals surface area contributed by atoms with Crippen molar-refractivity contribution in [3.63, 3.8) is 0 Å². The number of rotatable bonds is 4. The van der Waals surface area contributed by atoms with E-state index in [9.17, 15) is 8.66 Å². The first-order valence-electron chi connectivity index (χ1n) is 5.17. The van der Waals surface area contributed by atoms with E-state index in [2.05, 4.69) is 0 Å². The summed E-state index contributed by atoms with van der Waals surface area (Å²) in [7, 11) is 0. The van der Waals surface area contributed by atoms with Crippen LogP contribution >= 0.6 is 0 Å². The number of benzene rings is 2. The molecule has 0 saturated carbocycles. The van der Waals surface area contributed by atoms with Crippen LogP contribution in [0.3, 0.4) is 0 Å². The Bertz CT molecular complexity index is 471. The number of carbonyl (C=O) groups is 1. The van der Waals surface area contributed by atoms with Crippen LogP contribution in [0.5, 0.6) is 0 Å². The predicted octanol–water partition coefficient (Wildman–Crippen LogP) is 2.58. The van der Waals surface area contributed by atoms with Crippen LogP contribution in [0, 0.1) is 0 Å². The molecule has 0 unspecified atom stereocenters. The summed E-state index contributed by atoms with van der Waals surface area (Å²) in [4.78, 5) is 11.8. The summed E-state index contributed by atoms with van der Waals surface area (Å²) in [6, 6.07) is 18.1. The van der Waals surface area contributed by atoms with E-state index in [1.165, 1.54) is 0 Å². The zero-order valence-electron chi connectivity index (χ0n) is 9.13. The van der Waals surface area contributed by atoms with E-state index in [0.717, 1.165) is 4.50 Å². The number of hydrogen-bond acceptors (Lipinski definition) is 2. The van der Waals surface area contributed by atoms with E-state index in [0.29, 0.717) is 5.56 Å². The molecule has 3 heteroatoms. The van der Waals surface area contributed by atoms with Gasteiger partial charge in [0.25, 0.3) is 0 Å². The molecule has 2 aromatic carbocycles. The van der Waals surface area contributed by atoms with Gasteiger partial charge in [-0.2, -0.15) is 0 Å². The maximum atomic E-state index is 12.0. The van der Waals surface area contributed by atoms with Crippen molar-refractivity contribution in [3.05, 3.63) is 66.2 Å². The Morgan fingerprint density at radius 2 is 1.41 bits per heavy atom. The van der Waals surface area contributed by atoms with Crippen LogP contribution in [-0.2, 0) is 17.5 Å². The van der Waals surface area contributed by atoms with Gasteiger partial charge in [0.1, 0.15) is 0 Å². The van der Waals surface area contributed by atoms with E-state index in [1.54, 1.807) is 24.3 Å². The fraction of sp³-hybridized carbons (Fsp3) is 0.0714. The minimum atomic E-state index is -1.61. The van der Waals surface area contributed by atoms with Crippen LogP contribution in [0.2, 0.25) is 5.36 Å². The summed E-state index contributed by atoms with van der Waals surface area (Å²) in [5, 5.41) is 0.0705. The molecule has 0 fully saturated rings. The van der Waals surface area contributed by atoms with Crippen LogP contribution in [-0.4, -0.2) is 5.78 Å². The number of carbonyl (C=O) groups excluding carboxylic acids is 1. The zero-order valence-corrected chi connectivity index (χ0v) is 10.2. The molecule has 89 valence electrons. The van der Waals surface area contributed by atoms with Crippen molar-refractivity contribution in [2.24, 2.45) is 0 Å². The zero-order chi connectivity index (χ0) is 12.1. The van der Waals surface area contributed by atoms with Crippen molar-refractivity contribution in [3.8, 4) is 0 Å². The number of ketones is 1. The summed E-state index contributed by atoms with van der Waals surface area (Å²) >= 11 is -1.61. The first-order chi connectivity index (χ1) is 8.27. The predicted molar refractivity (Wildman–Crippen MR) is 62.3 cm³/mol. The third-order valence-corrected chi connectivity index (χ3v) is 3.93. The molecule has 0 radical (unpaired) electrons. The van der Waals surface area contributed by atoms with E-state index >= 15 is 0 Å². The quantitative estimate of drug-likeness (QED) is 0.801. The fourth-order valence-electron chi connectivity index (χ4n) is 1.39. The van der Waals surface area contributed by atoms with Gasteiger partial charge in [-0.15, -0.1) is 0 Å². The second-order valence-electron chi connectivity index (χ2n) is 3.46. The van der Waals surface area contributed by atoms with Crippen LogP contribution < -0.4 is 4.50 Å². The molecule has 2 nitrogen and oxygen atoms in total. The standard InChI is InChI=1S/C8H7O.C6H5.Co.O/c1-7(9)8-5-3-2-4-6-8;1-2-4-6-5-3-1;;/h2-6H,1H2;1-5H;;. The van der Waals surface area contributed by atoms with E-state index < -0.39 is 13.6 Å². The molecule has 0 bridgehead atoms. The molecule has 0 aliphatic heterocycles. The van der Waals surface area contributed by atoms with Gasteiger partial charge < -0.3 is 0 Å². The first kappa shape index (κ1) is 11.9. The molecule has 0 aromatic heterocycles. The maximum absolute atomic E-state index is 12.0. The molecule has 0 N–H and O–H groups in total. The summed E-state index contributed by atoms with van der Waals surface area (Å²) in [5.74, 6) is -0.0746. The van der Waals surface area contributed by atoms with Crippen molar-refractivity contribution in [1.29, 1.82) is 0 Å². The van der Waals surface area contributed by atoms with Gasteiger partial charge in [0, 0.05) is 0 Å². The summed E-state index contributed by atoms with van der Waals surface area (Å²) in [6.07, 6.45) is 0. The Morgan fingerprint density at radius 1 is 0.882 bits per heavy atom. The molecule has 17 heavy (non-hydrogen) atoms. The third kappa shape index (κ3) is 3.18. The monoisotopic (exact) mass is 271 g/mol. The average molecular weight is 271 g/mol. The molecule has 0 amide bonds. The SMILES string of the molecule is O=C([CH2][Co](=[O])[c]1ccccc1)c1ccccc1. The molecule has 0 aliphatic carbocycles. The summed E-state index contributed by atoms with van der Waals surface area (Å²) in [6.45, 7) is 0. The van der Waals surface area contributed by atoms with Gasteiger partial charge in [-0.3, -0.25) is 0 Å². The van der Waals surface area contributed by atoms with Gasteiger partial charge >= 0.3 is 104 Å². The summed E-state index contributed by atoms with van der Waals surface area (Å²) < 4.78 is 12.7. The fourth-order valence-corrected chi connectivity index (χ4v) is 2.70. The Labute approximate surface area is 104 Å². The van der Waals surface area contributed by atoms with Crippen molar-refractivity contribution >= 4 is 10.3 Å². The molecule has 0 spiro atoms. The normalized spacial score (nSPS) is 10.9. The Kier molecular flexibility index (Phi) is 3.96. The Morgan fingerprint density at radius 3 is 2.00 bits per heavy atom. The van der Waals surface area contributed by atoms with Crippen LogP contribution in [0.25, 0.3) is 0 Å². The number of Topliss-reactive ketones (excluding diaryl/α,β-unsaturated/α-hetero) is 1. The van der Waals surface area contributed by atoms with Crippen molar-refractivity contribution in [1.82, 2.24) is 0 Å². The Hall–Kier alpha value is -1.58.